The van der Waals surface area contributed by atoms with Crippen molar-refractivity contribution in [3.05, 3.63) is 28.7 Å². The van der Waals surface area contributed by atoms with E-state index >= 15 is 0 Å². The third-order valence-electron chi connectivity index (χ3n) is 4.00. The highest BCUT2D eigenvalue weighted by molar-refractivity contribution is 6.01. The minimum atomic E-state index is -4.50. The first-order valence-electron chi connectivity index (χ1n) is 7.49. The molecule has 2 aromatic rings. The normalized spacial score (nSPS) is 19.1. The number of hydrogen-bond donors (Lipinski definition) is 0. The Morgan fingerprint density at radius 3 is 2.71 bits per heavy atom. The number of hydrogen-bond acceptors (Lipinski definition) is 4. The molecule has 0 aromatic carbocycles. The van der Waals surface area contributed by atoms with Crippen LogP contribution in [0.5, 0.6) is 0 Å². The third-order valence-corrected chi connectivity index (χ3v) is 4.00. The Morgan fingerprint density at radius 1 is 1.33 bits per heavy atom. The number of amides is 1. The molecule has 3 heterocycles. The number of alkyl halides is 3. The Bertz CT molecular complexity index is 800. The number of nitrogens with zero attached hydrogens (tertiary/aromatic N) is 4. The van der Waals surface area contributed by atoms with Gasteiger partial charge in [0.25, 0.3) is 5.91 Å². The summed E-state index contributed by atoms with van der Waals surface area (Å²) in [5.74, 6) is -0.502. The molecule has 1 aliphatic heterocycles. The van der Waals surface area contributed by atoms with Crippen molar-refractivity contribution in [1.82, 2.24) is 19.5 Å². The Hall–Kier alpha value is -2.16. The summed E-state index contributed by atoms with van der Waals surface area (Å²) in [6.45, 7) is 4.70. The van der Waals surface area contributed by atoms with E-state index in [4.69, 9.17) is 4.74 Å². The Labute approximate surface area is 136 Å². The third kappa shape index (κ3) is 2.83. The molecule has 0 radical (unpaired) electrons. The van der Waals surface area contributed by atoms with E-state index in [-0.39, 0.29) is 18.7 Å². The Kier molecular flexibility index (Phi) is 3.98. The van der Waals surface area contributed by atoms with E-state index in [1.807, 2.05) is 13.0 Å². The molecule has 0 saturated carbocycles. The second-order valence-electron chi connectivity index (χ2n) is 5.89. The quantitative estimate of drug-likeness (QED) is 0.796. The van der Waals surface area contributed by atoms with Gasteiger partial charge >= 0.3 is 6.18 Å². The fraction of sp³-hybridized carbons (Fsp3) is 0.533. The zero-order valence-corrected chi connectivity index (χ0v) is 13.5. The van der Waals surface area contributed by atoms with E-state index in [0.29, 0.717) is 17.0 Å². The lowest BCUT2D eigenvalue weighted by atomic mass is 10.1. The molecule has 0 aliphatic carbocycles. The maximum atomic E-state index is 12.9. The van der Waals surface area contributed by atoms with Crippen molar-refractivity contribution in [1.29, 1.82) is 0 Å². The van der Waals surface area contributed by atoms with Crippen molar-refractivity contribution in [3.63, 3.8) is 0 Å². The van der Waals surface area contributed by atoms with Gasteiger partial charge in [0, 0.05) is 17.9 Å². The number of aromatic nitrogens is 3. The van der Waals surface area contributed by atoms with Crippen LogP contribution in [0.3, 0.4) is 0 Å². The predicted molar refractivity (Wildman–Crippen MR) is 78.9 cm³/mol. The van der Waals surface area contributed by atoms with Crippen LogP contribution in [0, 0.1) is 20.8 Å². The van der Waals surface area contributed by atoms with Gasteiger partial charge in [0.2, 0.25) is 0 Å². The number of carbonyl (C=O) groups is 1. The van der Waals surface area contributed by atoms with Crippen LogP contribution in [0.25, 0.3) is 5.65 Å². The summed E-state index contributed by atoms with van der Waals surface area (Å²) >= 11 is 0. The molecule has 0 unspecified atom stereocenters. The van der Waals surface area contributed by atoms with Crippen molar-refractivity contribution in [2.24, 2.45) is 0 Å². The Balaban J connectivity index is 1.98. The monoisotopic (exact) mass is 342 g/mol. The van der Waals surface area contributed by atoms with Crippen LogP contribution in [-0.4, -0.2) is 57.4 Å². The SMILES string of the molecule is Cc1cc(C)n2nc(C)c(C(=O)N3CCO[C@H](C(F)(F)F)C3)c2n1. The van der Waals surface area contributed by atoms with Gasteiger partial charge in [-0.1, -0.05) is 0 Å². The van der Waals surface area contributed by atoms with Crippen molar-refractivity contribution < 1.29 is 22.7 Å². The highest BCUT2D eigenvalue weighted by atomic mass is 19.4. The number of morpholine rings is 1. The molecule has 9 heteroatoms. The maximum absolute atomic E-state index is 12.9. The number of carbonyl (C=O) groups excluding carboxylic acids is 1. The molecule has 2 aromatic heterocycles. The van der Waals surface area contributed by atoms with Crippen LogP contribution in [0.15, 0.2) is 6.07 Å². The van der Waals surface area contributed by atoms with Crippen molar-refractivity contribution in [2.45, 2.75) is 33.1 Å². The molecule has 1 aliphatic rings. The van der Waals surface area contributed by atoms with Crippen LogP contribution in [0.1, 0.15) is 27.4 Å². The smallest absolute Gasteiger partial charge is 0.365 e. The summed E-state index contributed by atoms with van der Waals surface area (Å²) < 4.78 is 44.9. The fourth-order valence-electron chi connectivity index (χ4n) is 2.87. The summed E-state index contributed by atoms with van der Waals surface area (Å²) in [6.07, 6.45) is -6.46. The van der Waals surface area contributed by atoms with Gasteiger partial charge in [0.15, 0.2) is 11.8 Å². The minimum Gasteiger partial charge on any atom is -0.365 e. The van der Waals surface area contributed by atoms with Crippen LogP contribution < -0.4 is 0 Å². The van der Waals surface area contributed by atoms with E-state index in [1.165, 1.54) is 4.52 Å². The summed E-state index contributed by atoms with van der Waals surface area (Å²) in [4.78, 5) is 18.3. The average molecular weight is 342 g/mol. The zero-order valence-electron chi connectivity index (χ0n) is 13.5. The van der Waals surface area contributed by atoms with Crippen molar-refractivity contribution in [2.75, 3.05) is 19.7 Å². The minimum absolute atomic E-state index is 0.104. The van der Waals surface area contributed by atoms with Gasteiger partial charge in [-0.2, -0.15) is 18.3 Å². The second-order valence-corrected chi connectivity index (χ2v) is 5.89. The van der Waals surface area contributed by atoms with Crippen molar-refractivity contribution >= 4 is 11.6 Å². The summed E-state index contributed by atoms with van der Waals surface area (Å²) in [5.41, 5.74) is 2.56. The molecule has 6 nitrogen and oxygen atoms in total. The number of fused-ring (bicyclic) bond motifs is 1. The predicted octanol–water partition coefficient (Wildman–Crippen LogP) is 2.06. The van der Waals surface area contributed by atoms with E-state index in [9.17, 15) is 18.0 Å². The molecule has 24 heavy (non-hydrogen) atoms. The molecule has 130 valence electrons. The number of aryl methyl sites for hydroxylation is 3. The topological polar surface area (TPSA) is 59.7 Å². The van der Waals surface area contributed by atoms with Crippen LogP contribution in [0.2, 0.25) is 0 Å². The first-order valence-corrected chi connectivity index (χ1v) is 7.49. The molecular formula is C15H17F3N4O2. The van der Waals surface area contributed by atoms with Gasteiger partial charge in [-0.15, -0.1) is 0 Å². The Morgan fingerprint density at radius 2 is 2.04 bits per heavy atom. The molecule has 0 bridgehead atoms. The number of halogens is 3. The highest BCUT2D eigenvalue weighted by Gasteiger charge is 2.44. The highest BCUT2D eigenvalue weighted by Crippen LogP contribution is 2.27. The van der Waals surface area contributed by atoms with Crippen molar-refractivity contribution in [3.8, 4) is 0 Å². The lowest BCUT2D eigenvalue weighted by Gasteiger charge is -2.33. The van der Waals surface area contributed by atoms with E-state index in [1.54, 1.807) is 13.8 Å². The lowest BCUT2D eigenvalue weighted by Crippen LogP contribution is -2.51. The van der Waals surface area contributed by atoms with Gasteiger partial charge in [0.1, 0.15) is 5.56 Å². The molecule has 1 amide bonds. The molecule has 1 atom stereocenters. The second kappa shape index (κ2) is 5.73. The fourth-order valence-corrected chi connectivity index (χ4v) is 2.87. The first kappa shape index (κ1) is 16.7. The summed E-state index contributed by atoms with van der Waals surface area (Å²) in [6, 6.07) is 1.82. The molecule has 0 spiro atoms. The van der Waals surface area contributed by atoms with Crippen LogP contribution in [0.4, 0.5) is 13.2 Å². The van der Waals surface area contributed by atoms with Gasteiger partial charge in [-0.05, 0) is 26.8 Å². The molecule has 3 rings (SSSR count). The van der Waals surface area contributed by atoms with E-state index < -0.39 is 24.7 Å². The standard InChI is InChI=1S/C15H17F3N4O2/c1-8-6-9(2)22-13(19-8)12(10(3)20-22)14(23)21-4-5-24-11(7-21)15(16,17)18/h6,11H,4-5,7H2,1-3H3/t11-/m0/s1. The molecule has 1 saturated heterocycles. The largest absolute Gasteiger partial charge is 0.416 e. The van der Waals surface area contributed by atoms with Gasteiger partial charge in [-0.3, -0.25) is 4.79 Å². The number of ether oxygens (including phenoxy) is 1. The van der Waals surface area contributed by atoms with E-state index in [2.05, 4.69) is 10.1 Å². The summed E-state index contributed by atoms with van der Waals surface area (Å²) in [5, 5.41) is 4.29. The molecule has 0 N–H and O–H groups in total. The van der Waals surface area contributed by atoms with Crippen LogP contribution in [-0.2, 0) is 4.74 Å². The average Bonchev–Trinajstić information content (AvgIpc) is 2.82. The lowest BCUT2D eigenvalue weighted by molar-refractivity contribution is -0.233. The number of rotatable bonds is 1. The molecule has 1 fully saturated rings. The van der Waals surface area contributed by atoms with Crippen LogP contribution >= 0.6 is 0 Å². The first-order chi connectivity index (χ1) is 11.2. The van der Waals surface area contributed by atoms with Gasteiger partial charge in [-0.25, -0.2) is 9.50 Å². The van der Waals surface area contributed by atoms with Gasteiger partial charge < -0.3 is 9.64 Å². The zero-order chi connectivity index (χ0) is 17.6. The summed E-state index contributed by atoms with van der Waals surface area (Å²) in [7, 11) is 0. The van der Waals surface area contributed by atoms with E-state index in [0.717, 1.165) is 10.6 Å². The maximum Gasteiger partial charge on any atom is 0.416 e. The van der Waals surface area contributed by atoms with Gasteiger partial charge in [0.05, 0.1) is 18.8 Å². The molecular weight excluding hydrogens is 325 g/mol.